The summed E-state index contributed by atoms with van der Waals surface area (Å²) in [6.07, 6.45) is 30.6. The Morgan fingerprint density at radius 3 is 0.962 bits per heavy atom. The summed E-state index contributed by atoms with van der Waals surface area (Å²) < 4.78 is 76.6. The average molecular weight is 1960 g/mol. The lowest BCUT2D eigenvalue weighted by atomic mass is 9.84. The van der Waals surface area contributed by atoms with Crippen LogP contribution in [0.15, 0.2) is 180 Å². The first-order valence-corrected chi connectivity index (χ1v) is 46.3. The summed E-state index contributed by atoms with van der Waals surface area (Å²) in [4.78, 5) is 83.2. The van der Waals surface area contributed by atoms with E-state index in [9.17, 15) is 45.9 Å². The molecule has 0 radical (unpaired) electrons. The SMILES string of the molecule is CC(C)(C)OC(=O)N1C2CCC1C(c1cnc(N)c(Br)c1)C2.Cl.Cl.Fc1ncc(C2CC3CCC2N3)cc1Br.NC(=O)c1ccc(-c2cc(C3CC4CCC3N4)cnc2F)cc1.NC(=O)c1ccc(-c2cc(C3CC4CCC3N4)cnc2F)cc1.NC(=O)c1cccc(-c2cc(C3CC4CCC3N4)cnc2F)c1.NC(=O)c1cccc(-c2cc(C3CC4CCC3N4)cnc2F)c1. The lowest BCUT2D eigenvalue weighted by Crippen LogP contribution is -2.40. The van der Waals surface area contributed by atoms with Crippen LogP contribution in [0.2, 0.25) is 0 Å². The zero-order valence-electron chi connectivity index (χ0n) is 72.7. The number of hydrogen-bond donors (Lipinski definition) is 10. The highest BCUT2D eigenvalue weighted by molar-refractivity contribution is 9.10. The summed E-state index contributed by atoms with van der Waals surface area (Å²) >= 11 is 6.63. The summed E-state index contributed by atoms with van der Waals surface area (Å²) in [5.74, 6) is -1.53. The van der Waals surface area contributed by atoms with Gasteiger partial charge in [0.05, 0.1) is 8.95 Å². The Labute approximate surface area is 787 Å². The standard InChI is InChI=1S/4C18H18FN3O.C16H22BrN3O2.C11H12BrFN2.2ClH/c2*19-17-15(10-1-3-11(4-2-10)18(20)23)7-12(9-21-17)14-8-13-5-6-16(14)22-13;2*19-17-15(10-2-1-3-11(6-10)18(20)23)7-12(9-21-17)14-8-13-4-5-16(14)22-13;1-16(2,3)22-15(21)20-10-4-5-13(20)11(7-10)9-6-12(17)14(18)19-8-9;12-9-3-6(5-14-11(9)13)8-4-7-1-2-10(8)15-7;;/h2*1-4,7,9,13-14,16,22H,5-6,8H2,(H2,20,23);2*1-3,6-7,9,13-14,16,22H,4-5,8H2,(H2,20,23);6,8,10-11,13H,4-5,7H2,1-3H3,(H2,18,19);3,5,7-8,10,15H,1-2,4H2;2*1H. The number of pyridine rings is 6. The molecule has 131 heavy (non-hydrogen) atoms. The predicted molar refractivity (Wildman–Crippen MR) is 504 cm³/mol. The predicted octanol–water partition coefficient (Wildman–Crippen LogP) is 17.5. The second-order valence-electron chi connectivity index (χ2n) is 37.4. The topological polar surface area (TPSA) is 365 Å². The smallest absolute Gasteiger partial charge is 0.410 e. The van der Waals surface area contributed by atoms with Gasteiger partial charge in [0.25, 0.3) is 0 Å². The van der Waals surface area contributed by atoms with Crippen molar-refractivity contribution in [2.24, 2.45) is 22.9 Å². The first-order valence-electron chi connectivity index (χ1n) is 44.7. The molecule has 0 aliphatic carbocycles. The number of nitrogens with zero attached hydrogens (tertiary/aromatic N) is 7. The van der Waals surface area contributed by atoms with Crippen LogP contribution in [0.4, 0.5) is 32.6 Å². The molecule has 23 nitrogen and oxygen atoms in total. The Hall–Kier alpha value is -10.3. The number of primary amides is 4. The zero-order chi connectivity index (χ0) is 90.4. The molecule has 18 unspecified atom stereocenters. The molecule has 18 heterocycles. The maximum absolute atomic E-state index is 14.2. The van der Waals surface area contributed by atoms with Crippen molar-refractivity contribution in [1.29, 1.82) is 0 Å². The van der Waals surface area contributed by atoms with Gasteiger partial charge in [0.2, 0.25) is 53.4 Å². The molecule has 5 amide bonds. The van der Waals surface area contributed by atoms with E-state index in [0.717, 1.165) is 82.8 Å². The van der Waals surface area contributed by atoms with Crippen molar-refractivity contribution in [3.8, 4) is 44.5 Å². The normalized spacial score (nSPS) is 26.5. The molecular weight excluding hydrogens is 1850 g/mol. The van der Waals surface area contributed by atoms with Gasteiger partial charge < -0.3 is 64.9 Å². The van der Waals surface area contributed by atoms with E-state index < -0.39 is 59.0 Å². The van der Waals surface area contributed by atoms with Crippen molar-refractivity contribution < 1.29 is 50.7 Å². The minimum Gasteiger partial charge on any atom is -0.444 e. The van der Waals surface area contributed by atoms with E-state index in [1.807, 2.05) is 68.3 Å². The Kier molecular flexibility index (Phi) is 29.6. The van der Waals surface area contributed by atoms with E-state index in [1.165, 1.54) is 70.6 Å². The van der Waals surface area contributed by atoms with Crippen molar-refractivity contribution in [2.45, 2.75) is 250 Å². The average Bonchev–Trinajstić information content (AvgIpc) is 1.60. The highest BCUT2D eigenvalue weighted by Crippen LogP contribution is 2.50. The minimum atomic E-state index is -0.522. The molecular formula is C99H108Br2Cl2F5N17O6. The van der Waals surface area contributed by atoms with Gasteiger partial charge in [0.15, 0.2) is 0 Å². The molecule has 688 valence electrons. The van der Waals surface area contributed by atoms with E-state index >= 15 is 0 Å². The molecule has 12 fully saturated rings. The first kappa shape index (κ1) is 95.3. The number of ether oxygens (including phenoxy) is 1. The fourth-order valence-corrected chi connectivity index (χ4v) is 22.7. The number of halogens is 9. The van der Waals surface area contributed by atoms with Crippen molar-refractivity contribution in [2.75, 3.05) is 5.73 Å². The van der Waals surface area contributed by atoms with Gasteiger partial charge in [-0.05, 0) is 309 Å². The number of amides is 5. The summed E-state index contributed by atoms with van der Waals surface area (Å²) in [5.41, 5.74) is 39.0. The Balaban J connectivity index is 0.000000121. The number of carbonyl (C=O) groups excluding carboxylic acids is 5. The van der Waals surface area contributed by atoms with Crippen LogP contribution in [-0.2, 0) is 4.74 Å². The third-order valence-corrected chi connectivity index (χ3v) is 29.4. The molecule has 12 bridgehead atoms. The van der Waals surface area contributed by atoms with Crippen molar-refractivity contribution in [3.63, 3.8) is 0 Å². The van der Waals surface area contributed by atoms with Gasteiger partial charge in [0, 0.05) is 190 Å². The van der Waals surface area contributed by atoms with Crippen LogP contribution in [0.1, 0.15) is 247 Å². The van der Waals surface area contributed by atoms with E-state index in [2.05, 4.69) is 88.3 Å². The number of carbonyl (C=O) groups is 5. The van der Waals surface area contributed by atoms with Gasteiger partial charge >= 0.3 is 6.09 Å². The minimum absolute atomic E-state index is 0. The van der Waals surface area contributed by atoms with Gasteiger partial charge in [-0.25, -0.2) is 34.7 Å². The van der Waals surface area contributed by atoms with Crippen LogP contribution in [0.3, 0.4) is 0 Å². The summed E-state index contributed by atoms with van der Waals surface area (Å²) in [5, 5.41) is 18.0. The third-order valence-electron chi connectivity index (χ3n) is 28.2. The fourth-order valence-electron chi connectivity index (χ4n) is 22.0. The quantitative estimate of drug-likeness (QED) is 0.0357. The Morgan fingerprint density at radius 2 is 0.664 bits per heavy atom. The van der Waals surface area contributed by atoms with Gasteiger partial charge in [-0.1, -0.05) is 48.5 Å². The highest BCUT2D eigenvalue weighted by Gasteiger charge is 2.51. The number of anilines is 1. The number of benzene rings is 4. The van der Waals surface area contributed by atoms with Gasteiger partial charge in [0.1, 0.15) is 11.4 Å². The molecule has 6 aromatic heterocycles. The summed E-state index contributed by atoms with van der Waals surface area (Å²) in [6, 6.07) is 44.2. The molecule has 4 aromatic carbocycles. The van der Waals surface area contributed by atoms with Gasteiger partial charge in [-0.15, -0.1) is 24.8 Å². The maximum atomic E-state index is 14.2. The Bertz CT molecular complexity index is 5630. The molecule has 10 aromatic rings. The molecule has 32 heteroatoms. The van der Waals surface area contributed by atoms with Crippen LogP contribution in [0.5, 0.6) is 0 Å². The van der Waals surface area contributed by atoms with Crippen molar-refractivity contribution in [1.82, 2.24) is 61.4 Å². The number of aromatic nitrogens is 6. The van der Waals surface area contributed by atoms with Gasteiger partial charge in [-0.3, -0.25) is 19.2 Å². The fraction of sp³-hybridized carbons (Fsp3) is 0.404. The molecule has 22 rings (SSSR count). The molecule has 0 saturated carbocycles. The van der Waals surface area contributed by atoms with Crippen molar-refractivity contribution >= 4 is 92.2 Å². The first-order chi connectivity index (χ1) is 62.0. The number of nitrogen functional groups attached to an aromatic ring is 1. The largest absolute Gasteiger partial charge is 0.444 e. The lowest BCUT2D eigenvalue weighted by molar-refractivity contribution is 0.0212. The third kappa shape index (κ3) is 21.4. The Morgan fingerprint density at radius 1 is 0.359 bits per heavy atom. The van der Waals surface area contributed by atoms with Crippen LogP contribution < -0.4 is 55.3 Å². The summed E-state index contributed by atoms with van der Waals surface area (Å²) in [6.45, 7) is 5.71. The lowest BCUT2D eigenvalue weighted by Gasteiger charge is -2.28. The highest BCUT2D eigenvalue weighted by atomic mass is 79.9. The van der Waals surface area contributed by atoms with E-state index in [0.29, 0.717) is 173 Å². The molecule has 12 saturated heterocycles. The number of nitrogens with one attached hydrogen (secondary N) is 5. The molecule has 15 N–H and O–H groups in total. The van der Waals surface area contributed by atoms with E-state index in [1.54, 1.807) is 128 Å². The van der Waals surface area contributed by atoms with Crippen LogP contribution in [-0.4, -0.2) is 143 Å². The number of hydrogen-bond acceptors (Lipinski definition) is 18. The monoisotopic (exact) mass is 1950 g/mol. The van der Waals surface area contributed by atoms with Crippen LogP contribution in [0.25, 0.3) is 44.5 Å². The second-order valence-corrected chi connectivity index (χ2v) is 39.1. The zero-order valence-corrected chi connectivity index (χ0v) is 77.5. The summed E-state index contributed by atoms with van der Waals surface area (Å²) in [7, 11) is 0. The van der Waals surface area contributed by atoms with E-state index in [-0.39, 0.29) is 43.0 Å². The van der Waals surface area contributed by atoms with E-state index in [4.69, 9.17) is 33.4 Å². The van der Waals surface area contributed by atoms with Crippen LogP contribution in [0, 0.1) is 29.7 Å². The number of rotatable bonds is 14. The second kappa shape index (κ2) is 40.7. The molecule has 12 aliphatic heterocycles. The number of nitrogens with two attached hydrogens (primary N) is 5. The maximum Gasteiger partial charge on any atom is 0.410 e. The number of fused-ring (bicyclic) bond motifs is 12. The molecule has 0 spiro atoms. The molecule has 18 atom stereocenters. The van der Waals surface area contributed by atoms with Crippen molar-refractivity contribution in [3.05, 3.63) is 265 Å². The molecule has 12 aliphatic rings. The van der Waals surface area contributed by atoms with Gasteiger partial charge in [-0.2, -0.15) is 22.0 Å². The van der Waals surface area contributed by atoms with Crippen LogP contribution >= 0.6 is 56.7 Å².